The highest BCUT2D eigenvalue weighted by Gasteiger charge is 2.30. The van der Waals surface area contributed by atoms with E-state index < -0.39 is 17.8 Å². The van der Waals surface area contributed by atoms with Gasteiger partial charge in [-0.2, -0.15) is 13.2 Å². The average Bonchev–Trinajstić information content (AvgIpc) is 2.25. The summed E-state index contributed by atoms with van der Waals surface area (Å²) in [7, 11) is 0. The number of aliphatic hydroxyl groups is 1. The van der Waals surface area contributed by atoms with Gasteiger partial charge in [0.25, 0.3) is 0 Å². The van der Waals surface area contributed by atoms with Gasteiger partial charge in [-0.1, -0.05) is 13.8 Å². The van der Waals surface area contributed by atoms with Gasteiger partial charge in [-0.3, -0.25) is 0 Å². The molecule has 5 heteroatoms. The number of alkyl halides is 3. The summed E-state index contributed by atoms with van der Waals surface area (Å²) < 4.78 is 42.1. The van der Waals surface area contributed by atoms with Gasteiger partial charge in [0, 0.05) is 0 Å². The fourth-order valence-corrected chi connectivity index (χ4v) is 1.54. The molecule has 0 saturated heterocycles. The Bertz CT molecular complexity index is 357. The molecule has 1 aromatic rings. The summed E-state index contributed by atoms with van der Waals surface area (Å²) >= 11 is 0. The molecule has 18 heavy (non-hydrogen) atoms. The molecule has 0 aliphatic rings. The highest BCUT2D eigenvalue weighted by molar-refractivity contribution is 5.28. The molecule has 0 bridgehead atoms. The summed E-state index contributed by atoms with van der Waals surface area (Å²) in [6, 6.07) is 4.43. The first kappa shape index (κ1) is 14.8. The SMILES string of the molecule is CC(C)CC(O)COc1ccc(C(F)(F)F)cc1. The van der Waals surface area contributed by atoms with Crippen LogP contribution in [0.2, 0.25) is 0 Å². The standard InChI is InChI=1S/C13H17F3O2/c1-9(2)7-11(17)8-18-12-5-3-10(4-6-12)13(14,15)16/h3-6,9,11,17H,7-8H2,1-2H3. The summed E-state index contributed by atoms with van der Waals surface area (Å²) in [6.07, 6.45) is -4.34. The summed E-state index contributed by atoms with van der Waals surface area (Å²) in [4.78, 5) is 0. The molecule has 1 atom stereocenters. The van der Waals surface area contributed by atoms with E-state index >= 15 is 0 Å². The summed E-state index contributed by atoms with van der Waals surface area (Å²) in [5.74, 6) is 0.669. The largest absolute Gasteiger partial charge is 0.491 e. The van der Waals surface area contributed by atoms with Gasteiger partial charge in [0.1, 0.15) is 12.4 Å². The van der Waals surface area contributed by atoms with Crippen LogP contribution >= 0.6 is 0 Å². The van der Waals surface area contributed by atoms with Gasteiger partial charge in [-0.05, 0) is 36.6 Å². The van der Waals surface area contributed by atoms with E-state index in [0.29, 0.717) is 18.1 Å². The van der Waals surface area contributed by atoms with Crippen LogP contribution in [-0.4, -0.2) is 17.8 Å². The molecule has 0 fully saturated rings. The van der Waals surface area contributed by atoms with Crippen LogP contribution in [0.25, 0.3) is 0 Å². The van der Waals surface area contributed by atoms with Crippen LogP contribution in [0.15, 0.2) is 24.3 Å². The lowest BCUT2D eigenvalue weighted by molar-refractivity contribution is -0.137. The van der Waals surface area contributed by atoms with E-state index in [1.807, 2.05) is 13.8 Å². The van der Waals surface area contributed by atoms with Gasteiger partial charge >= 0.3 is 6.18 Å². The maximum atomic E-state index is 12.3. The second kappa shape index (κ2) is 6.09. The molecule has 0 radical (unpaired) electrons. The monoisotopic (exact) mass is 262 g/mol. The smallest absolute Gasteiger partial charge is 0.416 e. The molecule has 0 aliphatic carbocycles. The topological polar surface area (TPSA) is 29.5 Å². The van der Waals surface area contributed by atoms with Crippen molar-refractivity contribution in [1.82, 2.24) is 0 Å². The lowest BCUT2D eigenvalue weighted by atomic mass is 10.1. The molecule has 1 unspecified atom stereocenters. The predicted molar refractivity (Wildman–Crippen MR) is 62.4 cm³/mol. The van der Waals surface area contributed by atoms with Crippen molar-refractivity contribution in [2.75, 3.05) is 6.61 Å². The predicted octanol–water partition coefficient (Wildman–Crippen LogP) is 3.49. The van der Waals surface area contributed by atoms with Crippen LogP contribution in [0.3, 0.4) is 0 Å². The zero-order valence-corrected chi connectivity index (χ0v) is 10.4. The first-order valence-corrected chi connectivity index (χ1v) is 5.77. The van der Waals surface area contributed by atoms with Crippen molar-refractivity contribution in [2.45, 2.75) is 32.5 Å². The molecule has 0 heterocycles. The quantitative estimate of drug-likeness (QED) is 0.880. The van der Waals surface area contributed by atoms with E-state index in [1.54, 1.807) is 0 Å². The summed E-state index contributed by atoms with van der Waals surface area (Å²) in [5, 5.41) is 9.56. The van der Waals surface area contributed by atoms with Crippen molar-refractivity contribution in [3.05, 3.63) is 29.8 Å². The highest BCUT2D eigenvalue weighted by atomic mass is 19.4. The first-order chi connectivity index (χ1) is 8.29. The Hall–Kier alpha value is -1.23. The Morgan fingerprint density at radius 2 is 1.72 bits per heavy atom. The van der Waals surface area contributed by atoms with E-state index in [-0.39, 0.29) is 6.61 Å². The number of rotatable bonds is 5. The third kappa shape index (κ3) is 4.96. The van der Waals surface area contributed by atoms with Gasteiger partial charge in [-0.25, -0.2) is 0 Å². The van der Waals surface area contributed by atoms with E-state index in [9.17, 15) is 18.3 Å². The Kier molecular flexibility index (Phi) is 5.02. The minimum atomic E-state index is -4.34. The molecular formula is C13H17F3O2. The van der Waals surface area contributed by atoms with Crippen LogP contribution in [-0.2, 0) is 6.18 Å². The van der Waals surface area contributed by atoms with E-state index in [1.165, 1.54) is 12.1 Å². The Morgan fingerprint density at radius 1 is 1.17 bits per heavy atom. The van der Waals surface area contributed by atoms with Gasteiger partial charge in [0.15, 0.2) is 0 Å². The van der Waals surface area contributed by atoms with Crippen molar-refractivity contribution in [1.29, 1.82) is 0 Å². The van der Waals surface area contributed by atoms with Crippen molar-refractivity contribution >= 4 is 0 Å². The van der Waals surface area contributed by atoms with E-state index in [4.69, 9.17) is 4.74 Å². The van der Waals surface area contributed by atoms with Gasteiger partial charge in [0.2, 0.25) is 0 Å². The molecule has 1 aromatic carbocycles. The molecule has 1 rings (SSSR count). The first-order valence-electron chi connectivity index (χ1n) is 5.77. The molecule has 0 amide bonds. The molecule has 102 valence electrons. The Balaban J connectivity index is 2.49. The van der Waals surface area contributed by atoms with Gasteiger partial charge in [0.05, 0.1) is 11.7 Å². The van der Waals surface area contributed by atoms with Crippen LogP contribution < -0.4 is 4.74 Å². The lowest BCUT2D eigenvalue weighted by Crippen LogP contribution is -2.19. The zero-order valence-electron chi connectivity index (χ0n) is 10.4. The van der Waals surface area contributed by atoms with Gasteiger partial charge in [-0.15, -0.1) is 0 Å². The molecular weight excluding hydrogens is 245 g/mol. The maximum absolute atomic E-state index is 12.3. The van der Waals surface area contributed by atoms with Gasteiger partial charge < -0.3 is 9.84 Å². The normalized spacial score (nSPS) is 13.7. The molecule has 0 aromatic heterocycles. The van der Waals surface area contributed by atoms with Crippen LogP contribution in [0.1, 0.15) is 25.8 Å². The summed E-state index contributed by atoms with van der Waals surface area (Å²) in [6.45, 7) is 4.03. The number of hydrogen-bond donors (Lipinski definition) is 1. The number of ether oxygens (including phenoxy) is 1. The molecule has 0 spiro atoms. The van der Waals surface area contributed by atoms with Crippen molar-refractivity contribution in [2.24, 2.45) is 5.92 Å². The van der Waals surface area contributed by atoms with Crippen molar-refractivity contribution in [3.63, 3.8) is 0 Å². The second-order valence-corrected chi connectivity index (χ2v) is 4.62. The van der Waals surface area contributed by atoms with Crippen molar-refractivity contribution < 1.29 is 23.0 Å². The third-order valence-corrected chi connectivity index (χ3v) is 2.37. The minimum absolute atomic E-state index is 0.0868. The fourth-order valence-electron chi connectivity index (χ4n) is 1.54. The molecule has 0 saturated carbocycles. The maximum Gasteiger partial charge on any atom is 0.416 e. The number of halogens is 3. The van der Waals surface area contributed by atoms with E-state index in [0.717, 1.165) is 12.1 Å². The molecule has 2 nitrogen and oxygen atoms in total. The highest BCUT2D eigenvalue weighted by Crippen LogP contribution is 2.30. The number of aliphatic hydroxyl groups excluding tert-OH is 1. The molecule has 0 aliphatic heterocycles. The summed E-state index contributed by atoms with van der Waals surface area (Å²) in [5.41, 5.74) is -0.711. The minimum Gasteiger partial charge on any atom is -0.491 e. The van der Waals surface area contributed by atoms with E-state index in [2.05, 4.69) is 0 Å². The Labute approximate surface area is 104 Å². The lowest BCUT2D eigenvalue weighted by Gasteiger charge is -2.14. The van der Waals surface area contributed by atoms with Crippen LogP contribution in [0.5, 0.6) is 5.75 Å². The van der Waals surface area contributed by atoms with Crippen LogP contribution in [0.4, 0.5) is 13.2 Å². The van der Waals surface area contributed by atoms with Crippen molar-refractivity contribution in [3.8, 4) is 5.75 Å². The average molecular weight is 262 g/mol. The fraction of sp³-hybridized carbons (Fsp3) is 0.538. The zero-order chi connectivity index (χ0) is 13.8. The molecule has 1 N–H and O–H groups in total. The second-order valence-electron chi connectivity index (χ2n) is 4.62. The number of benzene rings is 1. The Morgan fingerprint density at radius 3 is 2.17 bits per heavy atom. The number of hydrogen-bond acceptors (Lipinski definition) is 2. The third-order valence-electron chi connectivity index (χ3n) is 2.37. The van der Waals surface area contributed by atoms with Crippen LogP contribution in [0, 0.1) is 5.92 Å².